The molecule has 0 spiro atoms. The van der Waals surface area contributed by atoms with Crippen LogP contribution in [0.15, 0.2) is 0 Å². The minimum absolute atomic E-state index is 0.907. The fraction of sp³-hybridized carbons (Fsp3) is 1.00. The summed E-state index contributed by atoms with van der Waals surface area (Å²) in [6, 6.07) is 0. The lowest BCUT2D eigenvalue weighted by atomic mass is 10.2. The Kier molecular flexibility index (Phi) is 12.3. The number of hydrogen-bond donors (Lipinski definition) is 0. The molecule has 0 fully saturated rings. The maximum absolute atomic E-state index is 12.2. The van der Waals surface area contributed by atoms with Gasteiger partial charge in [-0.25, -0.2) is 0 Å². The highest BCUT2D eigenvalue weighted by atomic mass is 79.9. The topological polar surface area (TPSA) is 17.1 Å². The molecule has 0 aromatic rings. The van der Waals surface area contributed by atoms with E-state index >= 15 is 0 Å². The van der Waals surface area contributed by atoms with Crippen molar-refractivity contribution in [2.75, 3.05) is 12.3 Å². The second kappa shape index (κ2) is 11.8. The van der Waals surface area contributed by atoms with E-state index in [-0.39, 0.29) is 0 Å². The van der Waals surface area contributed by atoms with Gasteiger partial charge in [-0.3, -0.25) is 0 Å². The summed E-state index contributed by atoms with van der Waals surface area (Å²) >= 11 is 3.48. The maximum atomic E-state index is 12.2. The zero-order valence-corrected chi connectivity index (χ0v) is 14.2. The predicted molar refractivity (Wildman–Crippen MR) is 83.8 cm³/mol. The summed E-state index contributed by atoms with van der Waals surface area (Å²) in [7, 11) is 0. The van der Waals surface area contributed by atoms with Gasteiger partial charge in [0.05, 0.1) is 0 Å². The van der Waals surface area contributed by atoms with Crippen LogP contribution in [0.3, 0.4) is 0 Å². The van der Waals surface area contributed by atoms with Crippen molar-refractivity contribution in [1.29, 1.82) is 0 Å². The predicted octanol–water partition coefficient (Wildman–Crippen LogP) is 6.60. The van der Waals surface area contributed by atoms with Gasteiger partial charge >= 0.3 is 0 Å². The van der Waals surface area contributed by atoms with Gasteiger partial charge in [-0.2, -0.15) is 0 Å². The van der Waals surface area contributed by atoms with Gasteiger partial charge in [0, 0.05) is 12.3 Å². The molecule has 0 unspecified atom stereocenters. The summed E-state index contributed by atoms with van der Waals surface area (Å²) in [4.78, 5) is 0. The Labute approximate surface area is 116 Å². The summed E-state index contributed by atoms with van der Waals surface area (Å²) in [6.07, 6.45) is 14.4. The minimum atomic E-state index is -1.98. The van der Waals surface area contributed by atoms with Gasteiger partial charge in [0.15, 0.2) is 0 Å². The molecule has 0 amide bonds. The number of hydrogen-bond acceptors (Lipinski definition) is 1. The fourth-order valence-corrected chi connectivity index (χ4v) is 5.13. The van der Waals surface area contributed by atoms with Crippen LogP contribution in [0.1, 0.15) is 78.1 Å². The Morgan fingerprint density at radius 2 is 1.06 bits per heavy atom. The van der Waals surface area contributed by atoms with Crippen molar-refractivity contribution in [3.8, 4) is 0 Å². The second-order valence-corrected chi connectivity index (χ2v) is 11.4. The number of unbranched alkanes of at least 4 members (excludes halogenated alkanes) is 8. The Morgan fingerprint density at radius 1 is 0.706 bits per heavy atom. The third kappa shape index (κ3) is 12.9. The lowest BCUT2D eigenvalue weighted by molar-refractivity contribution is 0.575. The van der Waals surface area contributed by atoms with Crippen LogP contribution in [-0.4, -0.2) is 12.3 Å². The summed E-state index contributed by atoms with van der Waals surface area (Å²) in [5, 5.41) is 0. The van der Waals surface area contributed by atoms with E-state index in [9.17, 15) is 4.57 Å². The van der Waals surface area contributed by atoms with Crippen molar-refractivity contribution in [1.82, 2.24) is 0 Å². The van der Waals surface area contributed by atoms with E-state index in [1.54, 1.807) is 0 Å². The largest absolute Gasteiger partial charge is 0.312 e. The van der Waals surface area contributed by atoms with Crippen molar-refractivity contribution in [3.05, 3.63) is 0 Å². The highest BCUT2D eigenvalue weighted by molar-refractivity contribution is 9.40. The first-order valence-corrected chi connectivity index (χ1v) is 11.5. The van der Waals surface area contributed by atoms with E-state index in [0.717, 1.165) is 25.2 Å². The molecule has 0 rings (SSSR count). The van der Waals surface area contributed by atoms with Crippen LogP contribution in [-0.2, 0) is 4.57 Å². The van der Waals surface area contributed by atoms with Gasteiger partial charge in [0.25, 0.3) is 0 Å². The van der Waals surface area contributed by atoms with E-state index < -0.39 is 5.84 Å². The lowest BCUT2D eigenvalue weighted by Gasteiger charge is -2.10. The maximum Gasteiger partial charge on any atom is 0.148 e. The van der Waals surface area contributed by atoms with E-state index in [1.165, 1.54) is 51.4 Å². The molecule has 0 aliphatic rings. The van der Waals surface area contributed by atoms with Gasteiger partial charge in [0.2, 0.25) is 0 Å². The van der Waals surface area contributed by atoms with Crippen molar-refractivity contribution in [2.45, 2.75) is 78.1 Å². The third-order valence-corrected chi connectivity index (χ3v) is 7.29. The van der Waals surface area contributed by atoms with Gasteiger partial charge in [-0.1, -0.05) is 65.2 Å². The second-order valence-electron chi connectivity index (χ2n) is 5.07. The Hall–Kier alpha value is 0.710. The van der Waals surface area contributed by atoms with E-state index in [0.29, 0.717) is 0 Å². The van der Waals surface area contributed by atoms with Crippen molar-refractivity contribution in [2.24, 2.45) is 0 Å². The Balaban J connectivity index is 3.42. The molecule has 0 bridgehead atoms. The average molecular weight is 325 g/mol. The fourth-order valence-electron chi connectivity index (χ4n) is 2.01. The molecule has 0 heterocycles. The van der Waals surface area contributed by atoms with Crippen LogP contribution in [0.5, 0.6) is 0 Å². The average Bonchev–Trinajstić information content (AvgIpc) is 2.28. The van der Waals surface area contributed by atoms with E-state index in [1.807, 2.05) is 0 Å². The summed E-state index contributed by atoms with van der Waals surface area (Å²) in [5.74, 6) is -1.98. The normalized spacial score (nSPS) is 11.9. The smallest absolute Gasteiger partial charge is 0.148 e. The van der Waals surface area contributed by atoms with Crippen molar-refractivity contribution < 1.29 is 4.57 Å². The van der Waals surface area contributed by atoms with Gasteiger partial charge in [-0.15, -0.1) is 0 Å². The molecule has 3 heteroatoms. The molecule has 0 aromatic heterocycles. The molecule has 0 atom stereocenters. The summed E-state index contributed by atoms with van der Waals surface area (Å²) < 4.78 is 12.2. The highest BCUT2D eigenvalue weighted by Gasteiger charge is 2.16. The van der Waals surface area contributed by atoms with Crippen LogP contribution in [0.25, 0.3) is 0 Å². The van der Waals surface area contributed by atoms with E-state index in [2.05, 4.69) is 29.3 Å². The zero-order chi connectivity index (χ0) is 13.0. The third-order valence-electron chi connectivity index (χ3n) is 3.19. The summed E-state index contributed by atoms with van der Waals surface area (Å²) in [5.41, 5.74) is 0. The SMILES string of the molecule is CCCCCCCP(=O)(Br)CCCCCCC. The van der Waals surface area contributed by atoms with Crippen LogP contribution in [0.2, 0.25) is 0 Å². The van der Waals surface area contributed by atoms with Crippen LogP contribution >= 0.6 is 21.3 Å². The number of halogens is 1. The first kappa shape index (κ1) is 17.7. The molecular weight excluding hydrogens is 295 g/mol. The van der Waals surface area contributed by atoms with Gasteiger partial charge in [0.1, 0.15) is 5.84 Å². The molecule has 0 saturated carbocycles. The lowest BCUT2D eigenvalue weighted by Crippen LogP contribution is -1.91. The number of rotatable bonds is 12. The van der Waals surface area contributed by atoms with Gasteiger partial charge < -0.3 is 4.57 Å². The molecule has 0 saturated heterocycles. The summed E-state index contributed by atoms with van der Waals surface area (Å²) in [6.45, 7) is 4.46. The van der Waals surface area contributed by atoms with Crippen LogP contribution in [0.4, 0.5) is 0 Å². The van der Waals surface area contributed by atoms with Crippen molar-refractivity contribution >= 4 is 21.3 Å². The monoisotopic (exact) mass is 324 g/mol. The molecule has 17 heavy (non-hydrogen) atoms. The van der Waals surface area contributed by atoms with E-state index in [4.69, 9.17) is 0 Å². The van der Waals surface area contributed by atoms with Crippen LogP contribution < -0.4 is 0 Å². The molecular formula is C14H30BrOP. The Morgan fingerprint density at radius 3 is 1.41 bits per heavy atom. The first-order chi connectivity index (χ1) is 8.12. The van der Waals surface area contributed by atoms with Crippen molar-refractivity contribution in [3.63, 3.8) is 0 Å². The van der Waals surface area contributed by atoms with Crippen LogP contribution in [0, 0.1) is 0 Å². The molecule has 1 nitrogen and oxygen atoms in total. The molecule has 104 valence electrons. The first-order valence-electron chi connectivity index (χ1n) is 7.40. The quantitative estimate of drug-likeness (QED) is 0.292. The standard InChI is InChI=1S/C14H30BrOP/c1-3-5-7-9-11-13-17(15,16)14-12-10-8-6-4-2/h3-14H2,1-2H3. The molecule has 0 aromatic carbocycles. The zero-order valence-electron chi connectivity index (χ0n) is 11.7. The molecule has 0 aliphatic carbocycles. The molecule has 0 N–H and O–H groups in total. The minimum Gasteiger partial charge on any atom is -0.312 e. The highest BCUT2D eigenvalue weighted by Crippen LogP contribution is 2.55. The van der Waals surface area contributed by atoms with Gasteiger partial charge in [-0.05, 0) is 28.3 Å². The molecule has 0 radical (unpaired) electrons. The molecule has 0 aliphatic heterocycles. The Bertz CT molecular complexity index is 188.